The number of carbonyl (C=O) groups excluding carboxylic acids is 2. The van der Waals surface area contributed by atoms with Crippen molar-refractivity contribution in [2.75, 3.05) is 46.2 Å². The molecular formula is C21H32N2O8. The Bertz CT molecular complexity index is 703. The summed E-state index contributed by atoms with van der Waals surface area (Å²) in [5, 5.41) is 14.2. The second-order valence-corrected chi connectivity index (χ2v) is 7.49. The Labute approximate surface area is 182 Å². The van der Waals surface area contributed by atoms with E-state index in [9.17, 15) is 14.4 Å². The van der Waals surface area contributed by atoms with E-state index in [1.165, 1.54) is 12.1 Å². The fourth-order valence-corrected chi connectivity index (χ4v) is 2.21. The highest BCUT2D eigenvalue weighted by atomic mass is 16.6. The van der Waals surface area contributed by atoms with Crippen LogP contribution in [0.2, 0.25) is 0 Å². The summed E-state index contributed by atoms with van der Waals surface area (Å²) in [6.45, 7) is 7.46. The van der Waals surface area contributed by atoms with E-state index in [0.717, 1.165) is 0 Å². The number of rotatable bonds is 14. The molecule has 0 fully saturated rings. The maximum absolute atomic E-state index is 11.7. The average molecular weight is 440 g/mol. The van der Waals surface area contributed by atoms with E-state index in [1.807, 2.05) is 0 Å². The molecule has 174 valence electrons. The third kappa shape index (κ3) is 14.0. The van der Waals surface area contributed by atoms with Crippen molar-refractivity contribution in [1.82, 2.24) is 10.6 Å². The lowest BCUT2D eigenvalue weighted by Crippen LogP contribution is -2.34. The molecule has 0 aliphatic heterocycles. The molecule has 0 saturated carbocycles. The van der Waals surface area contributed by atoms with Crippen molar-refractivity contribution in [3.8, 4) is 0 Å². The number of carboxylic acids is 1. The molecule has 1 aromatic carbocycles. The minimum atomic E-state index is -1.01. The Morgan fingerprint density at radius 1 is 0.935 bits per heavy atom. The van der Waals surface area contributed by atoms with Crippen molar-refractivity contribution >= 4 is 18.0 Å². The van der Waals surface area contributed by atoms with E-state index >= 15 is 0 Å². The molecule has 3 N–H and O–H groups in total. The molecule has 0 heterocycles. The lowest BCUT2D eigenvalue weighted by Gasteiger charge is -2.19. The van der Waals surface area contributed by atoms with Gasteiger partial charge >= 0.3 is 12.1 Å². The normalized spacial score (nSPS) is 11.1. The van der Waals surface area contributed by atoms with Gasteiger partial charge in [0, 0.05) is 13.1 Å². The molecule has 0 aromatic heterocycles. The summed E-state index contributed by atoms with van der Waals surface area (Å²) in [7, 11) is 0. The molecule has 0 atom stereocenters. The molecule has 0 unspecified atom stereocenters. The van der Waals surface area contributed by atoms with Crippen LogP contribution < -0.4 is 10.6 Å². The van der Waals surface area contributed by atoms with Crippen molar-refractivity contribution in [2.24, 2.45) is 0 Å². The highest BCUT2D eigenvalue weighted by Crippen LogP contribution is 2.06. The van der Waals surface area contributed by atoms with E-state index in [-0.39, 0.29) is 31.2 Å². The van der Waals surface area contributed by atoms with Gasteiger partial charge in [-0.15, -0.1) is 0 Å². The van der Waals surface area contributed by atoms with Crippen LogP contribution in [0, 0.1) is 0 Å². The summed E-state index contributed by atoms with van der Waals surface area (Å²) in [6.07, 6.45) is -0.484. The van der Waals surface area contributed by atoms with Gasteiger partial charge in [0.25, 0.3) is 0 Å². The van der Waals surface area contributed by atoms with Gasteiger partial charge < -0.3 is 34.7 Å². The lowest BCUT2D eigenvalue weighted by atomic mass is 10.1. The Hall–Kier alpha value is -2.69. The molecule has 0 saturated heterocycles. The van der Waals surface area contributed by atoms with Crippen LogP contribution in [0.3, 0.4) is 0 Å². The van der Waals surface area contributed by atoms with Crippen LogP contribution in [0.5, 0.6) is 0 Å². The minimum absolute atomic E-state index is 0.116. The van der Waals surface area contributed by atoms with Gasteiger partial charge in [0.1, 0.15) is 12.2 Å². The topological polar surface area (TPSA) is 132 Å². The Kier molecular flexibility index (Phi) is 12.2. The summed E-state index contributed by atoms with van der Waals surface area (Å²) in [4.78, 5) is 34.1. The van der Waals surface area contributed by atoms with Gasteiger partial charge in [-0.05, 0) is 38.5 Å². The number of ether oxygens (including phenoxy) is 4. The van der Waals surface area contributed by atoms with Crippen LogP contribution in [0.4, 0.5) is 4.79 Å². The maximum atomic E-state index is 11.7. The van der Waals surface area contributed by atoms with Gasteiger partial charge in [0.05, 0.1) is 38.6 Å². The van der Waals surface area contributed by atoms with E-state index in [4.69, 9.17) is 24.1 Å². The largest absolute Gasteiger partial charge is 0.478 e. The molecule has 2 amide bonds. The summed E-state index contributed by atoms with van der Waals surface area (Å²) < 4.78 is 21.0. The second-order valence-electron chi connectivity index (χ2n) is 7.49. The standard InChI is InChI=1S/C21H32N2O8/c1-21(2,3)31-20(27)22-7-8-28-9-10-29-11-12-30-15-18(24)23-14-16-5-4-6-17(13-16)19(25)26/h4-6,13H,7-12,14-15H2,1-3H3,(H,22,27)(H,23,24)(H,25,26). The zero-order valence-corrected chi connectivity index (χ0v) is 18.3. The molecule has 1 rings (SSSR count). The zero-order chi connectivity index (χ0) is 23.1. The van der Waals surface area contributed by atoms with Crippen molar-refractivity contribution < 1.29 is 38.4 Å². The fourth-order valence-electron chi connectivity index (χ4n) is 2.21. The van der Waals surface area contributed by atoms with Crippen molar-refractivity contribution in [3.63, 3.8) is 0 Å². The van der Waals surface area contributed by atoms with Crippen molar-refractivity contribution in [1.29, 1.82) is 0 Å². The number of amides is 2. The number of aromatic carboxylic acids is 1. The first kappa shape index (κ1) is 26.3. The van der Waals surface area contributed by atoms with E-state index in [0.29, 0.717) is 38.5 Å². The third-order valence-corrected chi connectivity index (χ3v) is 3.56. The Morgan fingerprint density at radius 3 is 2.23 bits per heavy atom. The first-order valence-corrected chi connectivity index (χ1v) is 9.96. The predicted molar refractivity (Wildman–Crippen MR) is 112 cm³/mol. The third-order valence-electron chi connectivity index (χ3n) is 3.56. The first-order valence-electron chi connectivity index (χ1n) is 9.96. The fraction of sp³-hybridized carbons (Fsp3) is 0.571. The summed E-state index contributed by atoms with van der Waals surface area (Å²) in [6, 6.07) is 6.35. The predicted octanol–water partition coefficient (Wildman–Crippen LogP) is 1.58. The number of nitrogens with one attached hydrogen (secondary N) is 2. The van der Waals surface area contributed by atoms with Gasteiger partial charge in [-0.3, -0.25) is 4.79 Å². The number of alkyl carbamates (subject to hydrolysis) is 1. The van der Waals surface area contributed by atoms with Crippen LogP contribution in [0.25, 0.3) is 0 Å². The van der Waals surface area contributed by atoms with Crippen LogP contribution in [0.15, 0.2) is 24.3 Å². The van der Waals surface area contributed by atoms with Gasteiger partial charge in [-0.1, -0.05) is 12.1 Å². The quantitative estimate of drug-likeness (QED) is 0.372. The maximum Gasteiger partial charge on any atom is 0.407 e. The second kappa shape index (κ2) is 14.3. The molecule has 10 heteroatoms. The number of hydrogen-bond donors (Lipinski definition) is 3. The van der Waals surface area contributed by atoms with Crippen molar-refractivity contribution in [2.45, 2.75) is 32.9 Å². The van der Waals surface area contributed by atoms with Gasteiger partial charge in [0.15, 0.2) is 0 Å². The van der Waals surface area contributed by atoms with Crippen LogP contribution >= 0.6 is 0 Å². The minimum Gasteiger partial charge on any atom is -0.478 e. The van der Waals surface area contributed by atoms with Gasteiger partial charge in [-0.2, -0.15) is 0 Å². The molecule has 10 nitrogen and oxygen atoms in total. The number of carboxylic acid groups (broad SMARTS) is 1. The zero-order valence-electron chi connectivity index (χ0n) is 18.3. The highest BCUT2D eigenvalue weighted by molar-refractivity contribution is 5.87. The molecule has 0 spiro atoms. The molecule has 0 bridgehead atoms. The molecule has 0 radical (unpaired) electrons. The van der Waals surface area contributed by atoms with E-state index < -0.39 is 17.7 Å². The lowest BCUT2D eigenvalue weighted by molar-refractivity contribution is -0.126. The van der Waals surface area contributed by atoms with Crippen LogP contribution in [-0.4, -0.2) is 74.9 Å². The monoisotopic (exact) mass is 440 g/mol. The average Bonchev–Trinajstić information content (AvgIpc) is 2.69. The van der Waals surface area contributed by atoms with Gasteiger partial charge in [-0.25, -0.2) is 9.59 Å². The Morgan fingerprint density at radius 2 is 1.58 bits per heavy atom. The highest BCUT2D eigenvalue weighted by Gasteiger charge is 2.15. The van der Waals surface area contributed by atoms with Crippen LogP contribution in [-0.2, 0) is 30.3 Å². The molecule has 0 aliphatic rings. The number of benzene rings is 1. The molecule has 0 aliphatic carbocycles. The summed E-state index contributed by atoms with van der Waals surface area (Å²) in [5.74, 6) is -1.32. The van der Waals surface area contributed by atoms with Crippen LogP contribution in [0.1, 0.15) is 36.7 Å². The van der Waals surface area contributed by atoms with E-state index in [1.54, 1.807) is 32.9 Å². The summed E-state index contributed by atoms with van der Waals surface area (Å²) >= 11 is 0. The number of hydrogen-bond acceptors (Lipinski definition) is 7. The smallest absolute Gasteiger partial charge is 0.407 e. The SMILES string of the molecule is CC(C)(C)OC(=O)NCCOCCOCCOCC(=O)NCc1cccc(C(=O)O)c1. The van der Waals surface area contributed by atoms with Crippen molar-refractivity contribution in [3.05, 3.63) is 35.4 Å². The van der Waals surface area contributed by atoms with E-state index in [2.05, 4.69) is 10.6 Å². The number of carbonyl (C=O) groups is 3. The summed E-state index contributed by atoms with van der Waals surface area (Å²) in [5.41, 5.74) is 0.330. The molecule has 1 aromatic rings. The molecular weight excluding hydrogens is 408 g/mol. The molecule has 31 heavy (non-hydrogen) atoms. The Balaban J connectivity index is 1.95. The van der Waals surface area contributed by atoms with Gasteiger partial charge in [0.2, 0.25) is 5.91 Å². The first-order chi connectivity index (χ1) is 14.7.